The van der Waals surface area contributed by atoms with Crippen LogP contribution in [0, 0.1) is 29.1 Å². The minimum absolute atomic E-state index is 0.190. The molecule has 1 heterocycles. The standard InChI is InChI=1S/C31H42N2O/c1-30-13-11-25-17-21-4-5-27(33-26-6-7-26)18-22(21)10-14-31(25,34)29(30)9-8-28(30)23-3-2-20-12-15-32-19-24(20)16-23/h11-12,15-16,19,21-22,26-29,33-34H,2-10,13-14,17-18H2,1H3/t21?,22?,27?,28?,29?,30?,31-/m1/s1. The van der Waals surface area contributed by atoms with E-state index < -0.39 is 5.60 Å². The molecule has 0 aliphatic heterocycles. The molecule has 7 atom stereocenters. The lowest BCUT2D eigenvalue weighted by Gasteiger charge is -2.50. The van der Waals surface area contributed by atoms with Gasteiger partial charge in [-0.15, -0.1) is 0 Å². The highest BCUT2D eigenvalue weighted by atomic mass is 16.3. The SMILES string of the molecule is CC12CC=C3CC4CCC(NC5CC5)CC4CC[C@]3(O)C1CCC2C1=Cc2cnccc2CC1. The minimum atomic E-state index is -0.562. The lowest BCUT2D eigenvalue weighted by Crippen LogP contribution is -2.49. The summed E-state index contributed by atoms with van der Waals surface area (Å²) < 4.78 is 0. The number of nitrogens with zero attached hydrogens (tertiary/aromatic N) is 1. The van der Waals surface area contributed by atoms with Crippen LogP contribution in [0.1, 0.15) is 95.1 Å². The first-order valence-corrected chi connectivity index (χ1v) is 14.3. The normalized spacial score (nSPS) is 43.5. The molecule has 1 aromatic rings. The molecule has 2 N–H and O–H groups in total. The third-order valence-electron chi connectivity index (χ3n) is 11.2. The second-order valence-corrected chi connectivity index (χ2v) is 13.1. The van der Waals surface area contributed by atoms with Crippen molar-refractivity contribution in [3.05, 3.63) is 46.8 Å². The fourth-order valence-electron chi connectivity index (χ4n) is 9.24. The van der Waals surface area contributed by atoms with E-state index >= 15 is 0 Å². The van der Waals surface area contributed by atoms with Crippen LogP contribution in [-0.4, -0.2) is 27.8 Å². The average Bonchev–Trinajstić information content (AvgIpc) is 3.61. The van der Waals surface area contributed by atoms with Gasteiger partial charge in [-0.1, -0.05) is 24.6 Å². The van der Waals surface area contributed by atoms with Crippen molar-refractivity contribution in [2.75, 3.05) is 0 Å². The quantitative estimate of drug-likeness (QED) is 0.528. The van der Waals surface area contributed by atoms with Gasteiger partial charge in [0.1, 0.15) is 0 Å². The zero-order chi connectivity index (χ0) is 22.9. The van der Waals surface area contributed by atoms with Crippen LogP contribution in [-0.2, 0) is 6.42 Å². The molecule has 34 heavy (non-hydrogen) atoms. The summed E-state index contributed by atoms with van der Waals surface area (Å²) in [5.41, 5.74) is 5.46. The molecule has 0 saturated heterocycles. The Morgan fingerprint density at radius 2 is 1.88 bits per heavy atom. The van der Waals surface area contributed by atoms with Gasteiger partial charge in [-0.2, -0.15) is 0 Å². The Morgan fingerprint density at radius 1 is 1.00 bits per heavy atom. The molecule has 1 aromatic heterocycles. The van der Waals surface area contributed by atoms with Crippen molar-refractivity contribution in [3.8, 4) is 0 Å². The van der Waals surface area contributed by atoms with Gasteiger partial charge in [-0.25, -0.2) is 0 Å². The maximum atomic E-state index is 12.4. The van der Waals surface area contributed by atoms with Crippen molar-refractivity contribution in [1.29, 1.82) is 0 Å². The monoisotopic (exact) mass is 458 g/mol. The Balaban J connectivity index is 1.14. The summed E-state index contributed by atoms with van der Waals surface area (Å²) in [5, 5.41) is 16.4. The molecule has 3 heteroatoms. The van der Waals surface area contributed by atoms with Gasteiger partial charge in [0.05, 0.1) is 5.60 Å². The predicted octanol–water partition coefficient (Wildman–Crippen LogP) is 6.23. The van der Waals surface area contributed by atoms with E-state index in [1.807, 2.05) is 12.4 Å². The molecule has 0 bridgehead atoms. The molecule has 0 aromatic carbocycles. The van der Waals surface area contributed by atoms with Crippen molar-refractivity contribution in [1.82, 2.24) is 10.3 Å². The van der Waals surface area contributed by atoms with Crippen LogP contribution in [0.3, 0.4) is 0 Å². The zero-order valence-corrected chi connectivity index (χ0v) is 20.9. The number of pyridine rings is 1. The highest BCUT2D eigenvalue weighted by Gasteiger charge is 2.59. The summed E-state index contributed by atoms with van der Waals surface area (Å²) in [6.07, 6.45) is 25.1. The van der Waals surface area contributed by atoms with Crippen molar-refractivity contribution in [2.24, 2.45) is 29.1 Å². The van der Waals surface area contributed by atoms with Gasteiger partial charge in [0.25, 0.3) is 0 Å². The van der Waals surface area contributed by atoms with Gasteiger partial charge < -0.3 is 10.4 Å². The van der Waals surface area contributed by atoms with Crippen molar-refractivity contribution in [2.45, 2.75) is 108 Å². The summed E-state index contributed by atoms with van der Waals surface area (Å²) >= 11 is 0. The molecular weight excluding hydrogens is 416 g/mol. The van der Waals surface area contributed by atoms with E-state index in [4.69, 9.17) is 0 Å². The van der Waals surface area contributed by atoms with Crippen molar-refractivity contribution >= 4 is 6.08 Å². The van der Waals surface area contributed by atoms with Crippen LogP contribution in [0.4, 0.5) is 0 Å². The fraction of sp³-hybridized carbons (Fsp3) is 0.710. The van der Waals surface area contributed by atoms with Crippen LogP contribution >= 0.6 is 0 Å². The Bertz CT molecular complexity index is 1020. The number of aryl methyl sites for hydroxylation is 1. The Morgan fingerprint density at radius 3 is 2.76 bits per heavy atom. The van der Waals surface area contributed by atoms with Crippen LogP contribution in [0.5, 0.6) is 0 Å². The van der Waals surface area contributed by atoms with Gasteiger partial charge in [-0.05, 0) is 135 Å². The van der Waals surface area contributed by atoms with E-state index in [0.29, 0.717) is 11.8 Å². The molecule has 7 rings (SSSR count). The second-order valence-electron chi connectivity index (χ2n) is 13.1. The average molecular weight is 459 g/mol. The molecule has 6 unspecified atom stereocenters. The first kappa shape index (κ1) is 21.8. The van der Waals surface area contributed by atoms with E-state index in [0.717, 1.165) is 49.6 Å². The number of aromatic nitrogens is 1. The highest BCUT2D eigenvalue weighted by Crippen LogP contribution is 2.64. The minimum Gasteiger partial charge on any atom is -0.385 e. The molecule has 182 valence electrons. The Hall–Kier alpha value is -1.45. The lowest BCUT2D eigenvalue weighted by molar-refractivity contribution is -0.0538. The number of fused-ring (bicyclic) bond motifs is 5. The van der Waals surface area contributed by atoms with Crippen LogP contribution in [0.2, 0.25) is 0 Å². The van der Waals surface area contributed by atoms with Crippen LogP contribution in [0.25, 0.3) is 6.08 Å². The maximum Gasteiger partial charge on any atom is 0.0890 e. The Labute approximate surface area is 205 Å². The van der Waals surface area contributed by atoms with E-state index in [9.17, 15) is 5.11 Å². The number of hydrogen-bond acceptors (Lipinski definition) is 3. The van der Waals surface area contributed by atoms with E-state index in [2.05, 4.69) is 35.4 Å². The molecule has 4 fully saturated rings. The number of hydrogen-bond donors (Lipinski definition) is 2. The smallest absolute Gasteiger partial charge is 0.0890 e. The number of allylic oxidation sites excluding steroid dienone is 2. The first-order valence-electron chi connectivity index (χ1n) is 14.3. The zero-order valence-electron chi connectivity index (χ0n) is 20.9. The second kappa shape index (κ2) is 8.03. The van der Waals surface area contributed by atoms with Crippen molar-refractivity contribution in [3.63, 3.8) is 0 Å². The molecule has 0 amide bonds. The van der Waals surface area contributed by atoms with E-state index in [-0.39, 0.29) is 5.41 Å². The highest BCUT2D eigenvalue weighted by molar-refractivity contribution is 5.59. The van der Waals surface area contributed by atoms with Gasteiger partial charge >= 0.3 is 0 Å². The summed E-state index contributed by atoms with van der Waals surface area (Å²) in [6.45, 7) is 2.52. The number of aliphatic hydroxyl groups is 1. The van der Waals surface area contributed by atoms with Gasteiger partial charge in [0, 0.05) is 24.5 Å². The lowest BCUT2D eigenvalue weighted by atomic mass is 9.57. The Kier molecular flexibility index (Phi) is 5.15. The van der Waals surface area contributed by atoms with Crippen LogP contribution in [0.15, 0.2) is 35.7 Å². The maximum absolute atomic E-state index is 12.4. The summed E-state index contributed by atoms with van der Waals surface area (Å²) in [5.74, 6) is 2.62. The summed E-state index contributed by atoms with van der Waals surface area (Å²) in [6, 6.07) is 3.74. The van der Waals surface area contributed by atoms with Gasteiger partial charge in [0.2, 0.25) is 0 Å². The van der Waals surface area contributed by atoms with Crippen molar-refractivity contribution < 1.29 is 5.11 Å². The van der Waals surface area contributed by atoms with E-state index in [1.165, 1.54) is 74.5 Å². The largest absolute Gasteiger partial charge is 0.385 e. The third-order valence-corrected chi connectivity index (χ3v) is 11.2. The van der Waals surface area contributed by atoms with Crippen LogP contribution < -0.4 is 5.32 Å². The molecule has 3 nitrogen and oxygen atoms in total. The molecule has 0 spiro atoms. The van der Waals surface area contributed by atoms with Gasteiger partial charge in [-0.3, -0.25) is 4.98 Å². The number of nitrogens with one attached hydrogen (secondary N) is 1. The number of rotatable bonds is 3. The molecule has 4 saturated carbocycles. The molecule has 6 aliphatic rings. The van der Waals surface area contributed by atoms with E-state index in [1.54, 1.807) is 5.57 Å². The molecule has 6 aliphatic carbocycles. The third kappa shape index (κ3) is 3.48. The predicted molar refractivity (Wildman–Crippen MR) is 137 cm³/mol. The molecular formula is C31H42N2O. The first-order chi connectivity index (χ1) is 16.5. The topological polar surface area (TPSA) is 45.1 Å². The molecule has 0 radical (unpaired) electrons. The van der Waals surface area contributed by atoms with Gasteiger partial charge in [0.15, 0.2) is 0 Å². The summed E-state index contributed by atoms with van der Waals surface area (Å²) in [4.78, 5) is 4.39. The fourth-order valence-corrected chi connectivity index (χ4v) is 9.24. The summed E-state index contributed by atoms with van der Waals surface area (Å²) in [7, 11) is 0.